The van der Waals surface area contributed by atoms with Gasteiger partial charge in [-0.25, -0.2) is 4.98 Å². The Hall–Kier alpha value is -1.30. The molecule has 0 aliphatic rings. The summed E-state index contributed by atoms with van der Waals surface area (Å²) in [7, 11) is 0. The van der Waals surface area contributed by atoms with Gasteiger partial charge < -0.3 is 5.32 Å². The van der Waals surface area contributed by atoms with Gasteiger partial charge in [-0.15, -0.1) is 0 Å². The smallest absolute Gasteiger partial charge is 0.347 e. The van der Waals surface area contributed by atoms with Gasteiger partial charge in [0.2, 0.25) is 0 Å². The van der Waals surface area contributed by atoms with E-state index in [1.54, 1.807) is 12.1 Å². The van der Waals surface area contributed by atoms with Crippen molar-refractivity contribution in [1.29, 1.82) is 0 Å². The van der Waals surface area contributed by atoms with Gasteiger partial charge in [-0.3, -0.25) is 5.32 Å². The summed E-state index contributed by atoms with van der Waals surface area (Å²) in [5, 5.41) is 4.76. The normalized spacial score (nSPS) is 13.4. The number of anilines is 1. The monoisotopic (exact) mass is 247 g/mol. The molecule has 0 radical (unpaired) electrons. The van der Waals surface area contributed by atoms with Crippen molar-refractivity contribution in [3.05, 3.63) is 24.4 Å². The number of hydrogen-bond acceptors (Lipinski definition) is 3. The maximum atomic E-state index is 12.7. The molecule has 0 fully saturated rings. The molecule has 0 aromatic carbocycles. The van der Waals surface area contributed by atoms with Gasteiger partial charge in [-0.05, 0) is 25.1 Å². The minimum absolute atomic E-state index is 0.207. The van der Waals surface area contributed by atoms with E-state index >= 15 is 0 Å². The van der Waals surface area contributed by atoms with Crippen LogP contribution in [-0.2, 0) is 0 Å². The average molecular weight is 247 g/mol. The molecule has 3 nitrogen and oxygen atoms in total. The molecule has 6 heteroatoms. The highest BCUT2D eigenvalue weighted by atomic mass is 19.4. The minimum Gasteiger partial charge on any atom is -0.347 e. The van der Waals surface area contributed by atoms with Crippen LogP contribution in [0.25, 0.3) is 0 Å². The van der Waals surface area contributed by atoms with Crippen LogP contribution >= 0.6 is 0 Å². The maximum Gasteiger partial charge on any atom is 0.422 e. The molecule has 1 aromatic heterocycles. The topological polar surface area (TPSA) is 37.0 Å². The van der Waals surface area contributed by atoms with E-state index in [2.05, 4.69) is 15.6 Å². The van der Waals surface area contributed by atoms with Crippen molar-refractivity contribution in [3.63, 3.8) is 0 Å². The van der Waals surface area contributed by atoms with Crippen molar-refractivity contribution in [1.82, 2.24) is 10.3 Å². The molecule has 0 saturated heterocycles. The summed E-state index contributed by atoms with van der Waals surface area (Å²) < 4.78 is 38.0. The van der Waals surface area contributed by atoms with E-state index in [9.17, 15) is 13.2 Å². The lowest BCUT2D eigenvalue weighted by atomic mass is 10.3. The number of rotatable bonds is 6. The third-order valence-electron chi connectivity index (χ3n) is 2.16. The first kappa shape index (κ1) is 13.8. The van der Waals surface area contributed by atoms with Crippen LogP contribution in [0.4, 0.5) is 19.0 Å². The zero-order valence-corrected chi connectivity index (χ0v) is 9.59. The first-order chi connectivity index (χ1) is 8.04. The second-order valence-corrected chi connectivity index (χ2v) is 3.64. The lowest BCUT2D eigenvalue weighted by molar-refractivity contribution is -0.149. The average Bonchev–Trinajstić information content (AvgIpc) is 2.28. The zero-order chi connectivity index (χ0) is 12.7. The summed E-state index contributed by atoms with van der Waals surface area (Å²) in [4.78, 5) is 3.81. The Bertz CT molecular complexity index is 313. The Labute approximate surface area is 98.4 Å². The van der Waals surface area contributed by atoms with Crippen molar-refractivity contribution >= 4 is 5.82 Å². The van der Waals surface area contributed by atoms with E-state index in [4.69, 9.17) is 0 Å². The van der Waals surface area contributed by atoms with Gasteiger partial charge in [0.05, 0.1) is 0 Å². The summed E-state index contributed by atoms with van der Waals surface area (Å²) >= 11 is 0. The first-order valence-corrected chi connectivity index (χ1v) is 5.51. The molecule has 1 rings (SSSR count). The van der Waals surface area contributed by atoms with E-state index < -0.39 is 12.3 Å². The lowest BCUT2D eigenvalue weighted by Crippen LogP contribution is -2.48. The van der Waals surface area contributed by atoms with Gasteiger partial charge in [0.25, 0.3) is 0 Å². The van der Waals surface area contributed by atoms with E-state index in [-0.39, 0.29) is 5.82 Å². The van der Waals surface area contributed by atoms with Crippen molar-refractivity contribution in [2.45, 2.75) is 32.1 Å². The molecule has 0 aliphatic carbocycles. The predicted octanol–water partition coefficient (Wildman–Crippen LogP) is 2.77. The van der Waals surface area contributed by atoms with Crippen LogP contribution in [0.3, 0.4) is 0 Å². The molecule has 17 heavy (non-hydrogen) atoms. The fourth-order valence-electron chi connectivity index (χ4n) is 1.27. The number of nitrogens with one attached hydrogen (secondary N) is 2. The largest absolute Gasteiger partial charge is 0.422 e. The summed E-state index contributed by atoms with van der Waals surface area (Å²) in [6.07, 6.45) is -3.10. The molecule has 0 saturated carbocycles. The second kappa shape index (κ2) is 6.44. The molecule has 0 spiro atoms. The Kier molecular flexibility index (Phi) is 5.21. The van der Waals surface area contributed by atoms with E-state index in [1.165, 1.54) is 12.3 Å². The van der Waals surface area contributed by atoms with Crippen molar-refractivity contribution in [3.8, 4) is 0 Å². The Morgan fingerprint density at radius 3 is 2.65 bits per heavy atom. The first-order valence-electron chi connectivity index (χ1n) is 5.51. The molecular formula is C11H16F3N3. The summed E-state index contributed by atoms with van der Waals surface area (Å²) in [5.74, 6) is 0.207. The molecule has 1 atom stereocenters. The fourth-order valence-corrected chi connectivity index (χ4v) is 1.27. The number of aromatic nitrogens is 1. The highest BCUT2D eigenvalue weighted by Gasteiger charge is 2.39. The zero-order valence-electron chi connectivity index (χ0n) is 9.59. The molecule has 0 amide bonds. The van der Waals surface area contributed by atoms with Crippen molar-refractivity contribution in [2.24, 2.45) is 0 Å². The maximum absolute atomic E-state index is 12.7. The van der Waals surface area contributed by atoms with Crippen molar-refractivity contribution in [2.75, 3.05) is 11.9 Å². The van der Waals surface area contributed by atoms with Gasteiger partial charge in [-0.2, -0.15) is 13.2 Å². The molecule has 0 aliphatic heterocycles. The predicted molar refractivity (Wildman–Crippen MR) is 60.6 cm³/mol. The van der Waals surface area contributed by atoms with Crippen LogP contribution in [0.2, 0.25) is 0 Å². The van der Waals surface area contributed by atoms with E-state index in [0.29, 0.717) is 13.0 Å². The van der Waals surface area contributed by atoms with E-state index in [1.807, 2.05) is 6.92 Å². The quantitative estimate of drug-likeness (QED) is 0.599. The van der Waals surface area contributed by atoms with Crippen LogP contribution < -0.4 is 10.6 Å². The standard InChI is InChI=1S/C11H16F3N3/c1-2-3-7-16-10(11(12,13)14)17-9-6-4-5-8-15-9/h4-6,8,10,16H,2-3,7H2,1H3,(H,15,17). The van der Waals surface area contributed by atoms with Crippen LogP contribution in [0, 0.1) is 0 Å². The minimum atomic E-state index is -4.34. The Morgan fingerprint density at radius 1 is 1.35 bits per heavy atom. The van der Waals surface area contributed by atoms with E-state index in [0.717, 1.165) is 6.42 Å². The fraction of sp³-hybridized carbons (Fsp3) is 0.545. The molecule has 96 valence electrons. The molecule has 1 unspecified atom stereocenters. The number of pyridine rings is 1. The highest BCUT2D eigenvalue weighted by Crippen LogP contribution is 2.21. The van der Waals surface area contributed by atoms with Gasteiger partial charge in [0, 0.05) is 6.20 Å². The summed E-state index contributed by atoms with van der Waals surface area (Å²) in [6, 6.07) is 4.79. The van der Waals surface area contributed by atoms with Gasteiger partial charge >= 0.3 is 6.18 Å². The summed E-state index contributed by atoms with van der Waals surface area (Å²) in [6.45, 7) is 2.25. The number of alkyl halides is 3. The number of halogens is 3. The third kappa shape index (κ3) is 5.04. The Morgan fingerprint density at radius 2 is 2.12 bits per heavy atom. The van der Waals surface area contributed by atoms with Gasteiger partial charge in [0.1, 0.15) is 5.82 Å². The van der Waals surface area contributed by atoms with Crippen LogP contribution in [0.15, 0.2) is 24.4 Å². The number of nitrogens with zero attached hydrogens (tertiary/aromatic N) is 1. The van der Waals surface area contributed by atoms with Crippen LogP contribution in [0.1, 0.15) is 19.8 Å². The Balaban J connectivity index is 2.58. The van der Waals surface area contributed by atoms with Crippen LogP contribution in [0.5, 0.6) is 0 Å². The molecular weight excluding hydrogens is 231 g/mol. The number of hydrogen-bond donors (Lipinski definition) is 2. The molecule has 1 heterocycles. The third-order valence-corrected chi connectivity index (χ3v) is 2.16. The van der Waals surface area contributed by atoms with Crippen molar-refractivity contribution < 1.29 is 13.2 Å². The van der Waals surface area contributed by atoms with Gasteiger partial charge in [0.15, 0.2) is 6.17 Å². The lowest BCUT2D eigenvalue weighted by Gasteiger charge is -2.23. The molecule has 1 aromatic rings. The van der Waals surface area contributed by atoms with Gasteiger partial charge in [-0.1, -0.05) is 19.4 Å². The molecule has 2 N–H and O–H groups in total. The SMILES string of the molecule is CCCCNC(Nc1ccccn1)C(F)(F)F. The molecule has 0 bridgehead atoms. The second-order valence-electron chi connectivity index (χ2n) is 3.64. The highest BCUT2D eigenvalue weighted by molar-refractivity contribution is 5.34. The summed E-state index contributed by atoms with van der Waals surface area (Å²) in [5.41, 5.74) is 0. The van der Waals surface area contributed by atoms with Crippen LogP contribution in [-0.4, -0.2) is 23.9 Å². The number of unbranched alkanes of at least 4 members (excludes halogenated alkanes) is 1.